The molecule has 0 aliphatic carbocycles. The number of rotatable bonds is 5. The maximum atomic E-state index is 8.62. The molecule has 1 atom stereocenters. The molecular formula is C10H17N2O+. The molecule has 0 bridgehead atoms. The fourth-order valence-electron chi connectivity index (χ4n) is 1.24. The molecule has 1 heterocycles. The summed E-state index contributed by atoms with van der Waals surface area (Å²) < 4.78 is 0. The van der Waals surface area contributed by atoms with Crippen LogP contribution in [0.15, 0.2) is 24.5 Å². The first-order valence-electron chi connectivity index (χ1n) is 4.68. The standard InChI is InChI=1S/C10H16N2O/c1-9(12-6-3-7-13)10-4-2-5-11-8-10/h2,4-5,8-9,12-13H,3,6-7H2,1H3/p+1. The molecule has 3 N–H and O–H groups in total. The lowest BCUT2D eigenvalue weighted by molar-refractivity contribution is -0.693. The number of hydrogen-bond donors (Lipinski definition) is 2. The van der Waals surface area contributed by atoms with Crippen LogP contribution in [0.25, 0.3) is 0 Å². The van der Waals surface area contributed by atoms with Crippen LogP contribution in [-0.4, -0.2) is 23.2 Å². The second kappa shape index (κ2) is 5.67. The molecule has 0 amide bonds. The van der Waals surface area contributed by atoms with Crippen LogP contribution >= 0.6 is 0 Å². The molecule has 3 heteroatoms. The third-order valence-corrected chi connectivity index (χ3v) is 2.09. The third-order valence-electron chi connectivity index (χ3n) is 2.09. The lowest BCUT2D eigenvalue weighted by atomic mass is 10.1. The first-order chi connectivity index (χ1) is 6.34. The number of aliphatic hydroxyl groups excluding tert-OH is 1. The van der Waals surface area contributed by atoms with Crippen LogP contribution in [-0.2, 0) is 0 Å². The lowest BCUT2D eigenvalue weighted by Crippen LogP contribution is -2.84. The molecule has 0 fully saturated rings. The summed E-state index contributed by atoms with van der Waals surface area (Å²) in [6.45, 7) is 3.39. The van der Waals surface area contributed by atoms with E-state index < -0.39 is 0 Å². The van der Waals surface area contributed by atoms with E-state index in [0.29, 0.717) is 6.04 Å². The minimum atomic E-state index is 0.274. The largest absolute Gasteiger partial charge is 0.396 e. The third kappa shape index (κ3) is 3.53. The SMILES string of the molecule is CC([NH2+]CCCO)c1cccnc1. The highest BCUT2D eigenvalue weighted by Crippen LogP contribution is 2.03. The van der Waals surface area contributed by atoms with Gasteiger partial charge in [-0.2, -0.15) is 0 Å². The van der Waals surface area contributed by atoms with E-state index in [1.807, 2.05) is 12.3 Å². The van der Waals surface area contributed by atoms with Crippen molar-refractivity contribution in [1.82, 2.24) is 4.98 Å². The molecule has 1 aromatic heterocycles. The molecule has 0 saturated carbocycles. The minimum Gasteiger partial charge on any atom is -0.396 e. The first kappa shape index (κ1) is 10.2. The number of aliphatic hydroxyl groups is 1. The summed E-state index contributed by atoms with van der Waals surface area (Å²) in [5, 5.41) is 10.8. The van der Waals surface area contributed by atoms with Crippen molar-refractivity contribution in [2.24, 2.45) is 0 Å². The summed E-state index contributed by atoms with van der Waals surface area (Å²) in [5.41, 5.74) is 1.24. The number of quaternary nitrogens is 1. The minimum absolute atomic E-state index is 0.274. The van der Waals surface area contributed by atoms with Crippen molar-refractivity contribution < 1.29 is 10.4 Å². The Morgan fingerprint density at radius 3 is 3.08 bits per heavy atom. The maximum absolute atomic E-state index is 8.62. The van der Waals surface area contributed by atoms with Gasteiger partial charge < -0.3 is 10.4 Å². The normalized spacial score (nSPS) is 12.8. The van der Waals surface area contributed by atoms with Crippen molar-refractivity contribution in [3.63, 3.8) is 0 Å². The van der Waals surface area contributed by atoms with Gasteiger partial charge in [-0.15, -0.1) is 0 Å². The summed E-state index contributed by atoms with van der Waals surface area (Å²) in [6.07, 6.45) is 4.52. The summed E-state index contributed by atoms with van der Waals surface area (Å²) in [7, 11) is 0. The smallest absolute Gasteiger partial charge is 0.110 e. The molecule has 0 radical (unpaired) electrons. The van der Waals surface area contributed by atoms with Gasteiger partial charge in [0.15, 0.2) is 0 Å². The van der Waals surface area contributed by atoms with Gasteiger partial charge in [0.25, 0.3) is 0 Å². The Labute approximate surface area is 78.8 Å². The lowest BCUT2D eigenvalue weighted by Gasteiger charge is -2.09. The zero-order valence-corrected chi connectivity index (χ0v) is 7.98. The van der Waals surface area contributed by atoms with Crippen LogP contribution in [0, 0.1) is 0 Å². The van der Waals surface area contributed by atoms with E-state index in [2.05, 4.69) is 23.3 Å². The van der Waals surface area contributed by atoms with E-state index in [0.717, 1.165) is 13.0 Å². The molecule has 1 unspecified atom stereocenters. The van der Waals surface area contributed by atoms with Gasteiger partial charge in [0.05, 0.1) is 6.54 Å². The maximum Gasteiger partial charge on any atom is 0.110 e. The predicted octanol–water partition coefficient (Wildman–Crippen LogP) is 0.0884. The molecular weight excluding hydrogens is 164 g/mol. The first-order valence-corrected chi connectivity index (χ1v) is 4.68. The highest BCUT2D eigenvalue weighted by Gasteiger charge is 2.06. The van der Waals surface area contributed by atoms with Crippen LogP contribution in [0.1, 0.15) is 24.9 Å². The van der Waals surface area contributed by atoms with Gasteiger partial charge in [0.2, 0.25) is 0 Å². The summed E-state index contributed by atoms with van der Waals surface area (Å²) in [5.74, 6) is 0. The molecule has 13 heavy (non-hydrogen) atoms. The molecule has 0 aliphatic rings. The monoisotopic (exact) mass is 181 g/mol. The average molecular weight is 181 g/mol. The van der Waals surface area contributed by atoms with Crippen molar-refractivity contribution in [2.45, 2.75) is 19.4 Å². The fraction of sp³-hybridized carbons (Fsp3) is 0.500. The summed E-state index contributed by atoms with van der Waals surface area (Å²) in [4.78, 5) is 4.06. The van der Waals surface area contributed by atoms with Crippen molar-refractivity contribution in [3.05, 3.63) is 30.1 Å². The Kier molecular flexibility index (Phi) is 4.43. The van der Waals surface area contributed by atoms with Crippen molar-refractivity contribution in [1.29, 1.82) is 0 Å². The van der Waals surface area contributed by atoms with Gasteiger partial charge in [-0.3, -0.25) is 4.98 Å². The quantitative estimate of drug-likeness (QED) is 0.632. The zero-order chi connectivity index (χ0) is 9.52. The summed E-state index contributed by atoms with van der Waals surface area (Å²) >= 11 is 0. The summed E-state index contributed by atoms with van der Waals surface area (Å²) in [6, 6.07) is 4.46. The van der Waals surface area contributed by atoms with Gasteiger partial charge in [-0.25, -0.2) is 0 Å². The second-order valence-electron chi connectivity index (χ2n) is 3.18. The fourth-order valence-corrected chi connectivity index (χ4v) is 1.24. The van der Waals surface area contributed by atoms with Gasteiger partial charge >= 0.3 is 0 Å². The van der Waals surface area contributed by atoms with E-state index >= 15 is 0 Å². The van der Waals surface area contributed by atoms with Crippen LogP contribution in [0.4, 0.5) is 0 Å². The molecule has 1 aromatic rings. The van der Waals surface area contributed by atoms with E-state index in [9.17, 15) is 0 Å². The number of nitrogens with zero attached hydrogens (tertiary/aromatic N) is 1. The van der Waals surface area contributed by atoms with Crippen molar-refractivity contribution >= 4 is 0 Å². The van der Waals surface area contributed by atoms with E-state index in [4.69, 9.17) is 5.11 Å². The Hall–Kier alpha value is -0.930. The molecule has 72 valence electrons. The Balaban J connectivity index is 2.35. The van der Waals surface area contributed by atoms with Gasteiger partial charge in [-0.1, -0.05) is 6.07 Å². The number of pyridine rings is 1. The Bertz CT molecular complexity index is 226. The van der Waals surface area contributed by atoms with Crippen LogP contribution in [0.2, 0.25) is 0 Å². The highest BCUT2D eigenvalue weighted by molar-refractivity contribution is 5.10. The van der Waals surface area contributed by atoms with Crippen LogP contribution < -0.4 is 5.32 Å². The predicted molar refractivity (Wildman–Crippen MR) is 51.1 cm³/mol. The van der Waals surface area contributed by atoms with Crippen molar-refractivity contribution in [2.75, 3.05) is 13.2 Å². The van der Waals surface area contributed by atoms with E-state index in [1.165, 1.54) is 5.56 Å². The van der Waals surface area contributed by atoms with Gasteiger partial charge in [0, 0.05) is 31.0 Å². The molecule has 1 rings (SSSR count). The number of nitrogens with two attached hydrogens (primary N) is 1. The van der Waals surface area contributed by atoms with E-state index in [-0.39, 0.29) is 6.61 Å². The number of hydrogen-bond acceptors (Lipinski definition) is 2. The van der Waals surface area contributed by atoms with Gasteiger partial charge in [0.1, 0.15) is 6.04 Å². The molecule has 0 aliphatic heterocycles. The molecule has 3 nitrogen and oxygen atoms in total. The van der Waals surface area contributed by atoms with Gasteiger partial charge in [-0.05, 0) is 13.0 Å². The van der Waals surface area contributed by atoms with Crippen LogP contribution in [0.3, 0.4) is 0 Å². The average Bonchev–Trinajstić information content (AvgIpc) is 2.19. The molecule has 0 spiro atoms. The van der Waals surface area contributed by atoms with Crippen molar-refractivity contribution in [3.8, 4) is 0 Å². The highest BCUT2D eigenvalue weighted by atomic mass is 16.3. The van der Waals surface area contributed by atoms with Crippen LogP contribution in [0.5, 0.6) is 0 Å². The Morgan fingerprint density at radius 1 is 1.62 bits per heavy atom. The number of aromatic nitrogens is 1. The van der Waals surface area contributed by atoms with E-state index in [1.54, 1.807) is 6.20 Å². The molecule has 0 saturated heterocycles. The Morgan fingerprint density at radius 2 is 2.46 bits per heavy atom. The molecule has 0 aromatic carbocycles. The second-order valence-corrected chi connectivity index (χ2v) is 3.18. The zero-order valence-electron chi connectivity index (χ0n) is 7.98. The topological polar surface area (TPSA) is 49.7 Å².